The van der Waals surface area contributed by atoms with Gasteiger partial charge in [-0.25, -0.2) is 8.78 Å². The van der Waals surface area contributed by atoms with Crippen molar-refractivity contribution >= 4 is 71.1 Å². The monoisotopic (exact) mass is 1310 g/mol. The lowest BCUT2D eigenvalue weighted by Crippen LogP contribution is -2.52. The number of carbonyl (C=O) groups is 9. The molecule has 1 aromatic heterocycles. The average Bonchev–Trinajstić information content (AvgIpc) is 1.32. The Bertz CT molecular complexity index is 3040. The summed E-state index contributed by atoms with van der Waals surface area (Å²) < 4.78 is 44.1. The van der Waals surface area contributed by atoms with Crippen LogP contribution in [0.1, 0.15) is 118 Å². The zero-order valence-corrected chi connectivity index (χ0v) is 54.4. The van der Waals surface area contributed by atoms with Gasteiger partial charge in [0.2, 0.25) is 29.5 Å². The molecule has 514 valence electrons. The number of ether oxygens (including phenoxy) is 3. The number of aliphatic carboxylic acids is 1. The van der Waals surface area contributed by atoms with Crippen LogP contribution in [0.15, 0.2) is 59.7 Å². The maximum atomic E-state index is 14.0. The number of hydrogen-bond donors (Lipinski definition) is 5. The molecule has 4 heterocycles. The maximum Gasteiger partial charge on any atom is 0.317 e. The molecule has 27 heteroatoms. The number of halogens is 2. The number of alkyl halides is 2. The van der Waals surface area contributed by atoms with Gasteiger partial charge in [-0.2, -0.15) is 0 Å². The van der Waals surface area contributed by atoms with Crippen molar-refractivity contribution in [1.29, 1.82) is 0 Å². The molecule has 3 aliphatic rings. The lowest BCUT2D eigenvalue weighted by atomic mass is 9.92. The summed E-state index contributed by atoms with van der Waals surface area (Å²) in [7, 11) is 0. The molecule has 3 aromatic rings. The zero-order valence-electron chi connectivity index (χ0n) is 54.4. The van der Waals surface area contributed by atoms with Gasteiger partial charge in [0.15, 0.2) is 0 Å². The predicted octanol–water partition coefficient (Wildman–Crippen LogP) is 4.00. The Morgan fingerprint density at radius 3 is 2.11 bits per heavy atom. The fourth-order valence-corrected chi connectivity index (χ4v) is 11.6. The van der Waals surface area contributed by atoms with Gasteiger partial charge in [-0.3, -0.25) is 72.7 Å². The number of amidine groups is 1. The Labute approximate surface area is 549 Å². The van der Waals surface area contributed by atoms with E-state index in [-0.39, 0.29) is 49.8 Å². The van der Waals surface area contributed by atoms with Crippen molar-refractivity contribution in [1.82, 2.24) is 55.7 Å². The topological polar surface area (TPSA) is 294 Å². The van der Waals surface area contributed by atoms with Crippen LogP contribution in [0.4, 0.5) is 8.78 Å². The Morgan fingerprint density at radius 2 is 1.45 bits per heavy atom. The molecular formula is C67H94F2N12O13. The van der Waals surface area contributed by atoms with Gasteiger partial charge in [0, 0.05) is 109 Å². The van der Waals surface area contributed by atoms with E-state index in [1.807, 2.05) is 26.5 Å². The number of rotatable bonds is 35. The lowest BCUT2D eigenvalue weighted by Gasteiger charge is -2.33. The predicted molar refractivity (Wildman–Crippen MR) is 347 cm³/mol. The number of aryl methyl sites for hydroxylation is 2. The van der Waals surface area contributed by atoms with Crippen molar-refractivity contribution in [2.45, 2.75) is 128 Å². The second kappa shape index (κ2) is 40.1. The van der Waals surface area contributed by atoms with Crippen LogP contribution in [0, 0.1) is 25.2 Å². The number of likely N-dealkylation sites (tertiary alicyclic amines) is 2. The number of hydrogen-bond acceptors (Lipinski definition) is 18. The molecule has 0 radical (unpaired) electrons. The SMILES string of the molecule is C#C[C@H]1CC(F)(F)CN1C(=O)CNC(=O)c1ccnc2ccc(OCCCC3CCN(C(=O)CCCCCNC(=O)[C@H](CCCC/N=C(\C)NC(=O)CCCc4ccc(C)cc4)NC(=O)CN4CCN(COC=O)CCN(COC=O)CCN(CC(=O)O)CC4)CC3)cc12. The van der Waals surface area contributed by atoms with E-state index >= 15 is 0 Å². The highest BCUT2D eigenvalue weighted by atomic mass is 19.3. The minimum Gasteiger partial charge on any atom is -0.494 e. The highest BCUT2D eigenvalue weighted by Gasteiger charge is 2.46. The van der Waals surface area contributed by atoms with Crippen molar-refractivity contribution < 1.29 is 71.2 Å². The summed E-state index contributed by atoms with van der Waals surface area (Å²) in [4.78, 5) is 133. The van der Waals surface area contributed by atoms with Crippen molar-refractivity contribution in [3.63, 3.8) is 0 Å². The van der Waals surface area contributed by atoms with Crippen LogP contribution in [-0.2, 0) is 54.3 Å². The standard InChI is InChI=1S/C67H94F2N12O13/c1-4-54-41-67(68,69)45-81(54)63(87)42-73-65(90)56-23-28-71-58-22-21-55(40-57(56)58)94-39-11-13-53-24-29-80(30-25-53)62(86)16-6-5-8-27-72-66(91)59(14-7-9-26-70-51(3)74-60(84)15-10-12-52-19-17-50(2)18-20-52)75-61(85)43-76-31-32-77(44-64(88)89)34-36-79(47-93-49-83)38-37-78(35-33-76)46-92-48-82/h1,17-23,28,40,48-49,53-54,59H,5-16,24-27,29-39,41-47H2,2-3H3,(H,72,91)(H,73,90)(H,75,85)(H,88,89)(H,70,74,84)/t54-,59-/m0/s1. The van der Waals surface area contributed by atoms with E-state index in [2.05, 4.69) is 61.4 Å². The molecule has 3 fully saturated rings. The lowest BCUT2D eigenvalue weighted by molar-refractivity contribution is -0.139. The minimum absolute atomic E-state index is 0.00489. The number of piperidine rings is 1. The van der Waals surface area contributed by atoms with E-state index in [0.29, 0.717) is 184 Å². The first-order chi connectivity index (χ1) is 45.3. The van der Waals surface area contributed by atoms with Crippen LogP contribution < -0.4 is 26.0 Å². The highest BCUT2D eigenvalue weighted by molar-refractivity contribution is 6.07. The molecule has 0 spiro atoms. The van der Waals surface area contributed by atoms with Gasteiger partial charge in [0.25, 0.3) is 24.8 Å². The third-order valence-electron chi connectivity index (χ3n) is 17.0. The number of pyridine rings is 1. The first-order valence-electron chi connectivity index (χ1n) is 32.7. The number of terminal acetylenes is 1. The molecule has 5 N–H and O–H groups in total. The molecule has 3 saturated heterocycles. The summed E-state index contributed by atoms with van der Waals surface area (Å²) in [5.74, 6) is -2.51. The molecule has 2 aromatic carbocycles. The fraction of sp³-hybridized carbons (Fsp3) is 0.597. The number of fused-ring (bicyclic) bond motifs is 1. The number of aromatic nitrogens is 1. The van der Waals surface area contributed by atoms with Gasteiger partial charge in [0.05, 0.1) is 55.7 Å². The Balaban J connectivity index is 0.930. The molecule has 6 amide bonds. The molecule has 25 nitrogen and oxygen atoms in total. The van der Waals surface area contributed by atoms with E-state index in [0.717, 1.165) is 37.0 Å². The van der Waals surface area contributed by atoms with Crippen molar-refractivity contribution in [3.8, 4) is 18.1 Å². The van der Waals surface area contributed by atoms with Crippen LogP contribution in [-0.4, -0.2) is 242 Å². The molecule has 0 saturated carbocycles. The van der Waals surface area contributed by atoms with E-state index in [1.165, 1.54) is 23.4 Å². The van der Waals surface area contributed by atoms with E-state index < -0.39 is 61.2 Å². The van der Waals surface area contributed by atoms with E-state index in [1.54, 1.807) is 30.0 Å². The van der Waals surface area contributed by atoms with Gasteiger partial charge in [-0.05, 0) is 120 Å². The van der Waals surface area contributed by atoms with E-state index in [4.69, 9.17) is 20.6 Å². The number of nitrogens with zero attached hydrogens (tertiary/aromatic N) is 8. The number of benzene rings is 2. The summed E-state index contributed by atoms with van der Waals surface area (Å²) in [6.07, 6.45) is 15.2. The third kappa shape index (κ3) is 27.0. The number of aliphatic imine (C=N–C) groups is 1. The molecule has 0 unspecified atom stereocenters. The molecule has 0 aliphatic carbocycles. The highest BCUT2D eigenvalue weighted by Crippen LogP contribution is 2.32. The number of carbonyl (C=O) groups excluding carboxylic acids is 8. The normalized spacial score (nSPS) is 17.6. The fourth-order valence-electron chi connectivity index (χ4n) is 11.6. The zero-order chi connectivity index (χ0) is 67.7. The second-order valence-corrected chi connectivity index (χ2v) is 24.3. The number of nitrogens with one attached hydrogen (secondary N) is 4. The van der Waals surface area contributed by atoms with Crippen LogP contribution in [0.3, 0.4) is 0 Å². The summed E-state index contributed by atoms with van der Waals surface area (Å²) in [5, 5.41) is 21.6. The Hall–Kier alpha value is -8.19. The van der Waals surface area contributed by atoms with E-state index in [9.17, 15) is 57.0 Å². The van der Waals surface area contributed by atoms with Crippen LogP contribution in [0.25, 0.3) is 10.9 Å². The van der Waals surface area contributed by atoms with Crippen molar-refractivity contribution in [2.24, 2.45) is 10.9 Å². The van der Waals surface area contributed by atoms with Gasteiger partial charge in [-0.15, -0.1) is 6.42 Å². The maximum absolute atomic E-state index is 14.0. The molecule has 0 bridgehead atoms. The van der Waals surface area contributed by atoms with Crippen molar-refractivity contribution in [3.05, 3.63) is 71.4 Å². The van der Waals surface area contributed by atoms with Crippen LogP contribution in [0.2, 0.25) is 0 Å². The quantitative estimate of drug-likeness (QED) is 0.0183. The molecule has 2 atom stereocenters. The first-order valence-corrected chi connectivity index (χ1v) is 32.7. The Kier molecular flexibility index (Phi) is 32.0. The molecular weight excluding hydrogens is 1220 g/mol. The number of amides is 6. The third-order valence-corrected chi connectivity index (χ3v) is 17.0. The summed E-state index contributed by atoms with van der Waals surface area (Å²) in [6.45, 7) is 8.05. The largest absolute Gasteiger partial charge is 0.494 e. The van der Waals surface area contributed by atoms with Crippen LogP contribution in [0.5, 0.6) is 5.75 Å². The minimum atomic E-state index is -3.09. The van der Waals surface area contributed by atoms with Gasteiger partial charge in [-0.1, -0.05) is 42.2 Å². The summed E-state index contributed by atoms with van der Waals surface area (Å²) >= 11 is 0. The second-order valence-electron chi connectivity index (χ2n) is 24.3. The molecule has 3 aliphatic heterocycles. The number of unbranched alkanes of at least 4 members (excludes halogenated alkanes) is 3. The van der Waals surface area contributed by atoms with Gasteiger partial charge >= 0.3 is 5.97 Å². The average molecular weight is 1310 g/mol. The number of carboxylic acid groups (broad SMARTS) is 1. The smallest absolute Gasteiger partial charge is 0.317 e. The summed E-state index contributed by atoms with van der Waals surface area (Å²) in [5.41, 5.74) is 3.13. The molecule has 94 heavy (non-hydrogen) atoms. The van der Waals surface area contributed by atoms with Gasteiger partial charge < -0.3 is 50.4 Å². The van der Waals surface area contributed by atoms with Gasteiger partial charge in [0.1, 0.15) is 25.3 Å². The first kappa shape index (κ1) is 74.8. The van der Waals surface area contributed by atoms with Crippen molar-refractivity contribution in [2.75, 3.05) is 125 Å². The summed E-state index contributed by atoms with van der Waals surface area (Å²) in [6, 6.07) is 13.0. The molecule has 6 rings (SSSR count). The van der Waals surface area contributed by atoms with Crippen LogP contribution >= 0.6 is 0 Å². The Morgan fingerprint density at radius 1 is 0.777 bits per heavy atom. The number of carboxylic acids is 1.